The van der Waals surface area contributed by atoms with Crippen LogP contribution in [0.4, 0.5) is 5.69 Å². The zero-order valence-electron chi connectivity index (χ0n) is 19.5. The van der Waals surface area contributed by atoms with Crippen LogP contribution in [0.3, 0.4) is 0 Å². The predicted molar refractivity (Wildman–Crippen MR) is 125 cm³/mol. The van der Waals surface area contributed by atoms with Crippen molar-refractivity contribution in [3.63, 3.8) is 0 Å². The average Bonchev–Trinajstić information content (AvgIpc) is 3.54. The van der Waals surface area contributed by atoms with E-state index in [0.717, 1.165) is 27.3 Å². The second-order valence-corrected chi connectivity index (χ2v) is 9.22. The van der Waals surface area contributed by atoms with Crippen molar-refractivity contribution < 1.29 is 14.5 Å². The van der Waals surface area contributed by atoms with Gasteiger partial charge in [-0.15, -0.1) is 0 Å². The smallest absolute Gasteiger partial charge is 0.279 e. The van der Waals surface area contributed by atoms with Gasteiger partial charge in [-0.25, -0.2) is 0 Å². The van der Waals surface area contributed by atoms with Gasteiger partial charge in [0.1, 0.15) is 0 Å². The SMILES string of the molecule is Cc1cc(C)c(NC(=O)C[NH+](C)CC(=O)N(Cc2ccccc2)[C@H](C)C2CC2)c(C)c1. The summed E-state index contributed by atoms with van der Waals surface area (Å²) in [5, 5.41) is 3.05. The fourth-order valence-corrected chi connectivity index (χ4v) is 4.33. The summed E-state index contributed by atoms with van der Waals surface area (Å²) in [6.45, 7) is 9.42. The second kappa shape index (κ2) is 10.1. The number of likely N-dealkylation sites (N-methyl/N-ethyl adjacent to an activating group) is 1. The third-order valence-corrected chi connectivity index (χ3v) is 6.17. The number of benzene rings is 2. The first-order valence-electron chi connectivity index (χ1n) is 11.3. The van der Waals surface area contributed by atoms with E-state index in [9.17, 15) is 9.59 Å². The Morgan fingerprint density at radius 3 is 2.26 bits per heavy atom. The molecule has 0 radical (unpaired) electrons. The number of nitrogens with one attached hydrogen (secondary N) is 2. The number of aryl methyl sites for hydroxylation is 3. The summed E-state index contributed by atoms with van der Waals surface area (Å²) in [5.41, 5.74) is 5.33. The standard InChI is InChI=1S/C26H35N3O2/c1-18-13-19(2)26(20(3)14-18)27-24(30)16-28(5)17-25(31)29(21(4)23-11-12-23)15-22-9-7-6-8-10-22/h6-10,13-14,21,23H,11-12,15-17H2,1-5H3,(H,27,30)/p+1/t21-/m1/s1. The van der Waals surface area contributed by atoms with E-state index in [1.54, 1.807) is 0 Å². The van der Waals surface area contributed by atoms with Gasteiger partial charge < -0.3 is 15.1 Å². The fraction of sp³-hybridized carbons (Fsp3) is 0.462. The summed E-state index contributed by atoms with van der Waals surface area (Å²) in [5.74, 6) is 0.644. The molecule has 0 aliphatic heterocycles. The molecule has 31 heavy (non-hydrogen) atoms. The van der Waals surface area contributed by atoms with Crippen LogP contribution in [0.5, 0.6) is 0 Å². The van der Waals surface area contributed by atoms with Gasteiger partial charge in [0.05, 0.1) is 7.05 Å². The lowest BCUT2D eigenvalue weighted by Crippen LogP contribution is -3.11. The maximum Gasteiger partial charge on any atom is 0.279 e. The van der Waals surface area contributed by atoms with E-state index < -0.39 is 0 Å². The largest absolute Gasteiger partial charge is 0.331 e. The van der Waals surface area contributed by atoms with Crippen LogP contribution < -0.4 is 10.2 Å². The number of carbonyl (C=O) groups excluding carboxylic acids is 2. The van der Waals surface area contributed by atoms with Gasteiger partial charge >= 0.3 is 0 Å². The van der Waals surface area contributed by atoms with Crippen molar-refractivity contribution in [3.8, 4) is 0 Å². The quantitative estimate of drug-likeness (QED) is 0.653. The van der Waals surface area contributed by atoms with Crippen LogP contribution in [-0.2, 0) is 16.1 Å². The number of carbonyl (C=O) groups is 2. The first-order valence-corrected chi connectivity index (χ1v) is 11.3. The van der Waals surface area contributed by atoms with Crippen LogP contribution in [0, 0.1) is 26.7 Å². The van der Waals surface area contributed by atoms with Crippen LogP contribution >= 0.6 is 0 Å². The Kier molecular flexibility index (Phi) is 7.50. The number of hydrogen-bond donors (Lipinski definition) is 2. The van der Waals surface area contributed by atoms with Crippen molar-refractivity contribution >= 4 is 17.5 Å². The molecule has 1 fully saturated rings. The fourth-order valence-electron chi connectivity index (χ4n) is 4.33. The molecule has 0 bridgehead atoms. The van der Waals surface area contributed by atoms with E-state index in [4.69, 9.17) is 0 Å². The first-order chi connectivity index (χ1) is 14.7. The molecule has 1 unspecified atom stereocenters. The Morgan fingerprint density at radius 2 is 1.68 bits per heavy atom. The van der Waals surface area contributed by atoms with Gasteiger partial charge in [0, 0.05) is 18.3 Å². The van der Waals surface area contributed by atoms with Crippen molar-refractivity contribution in [2.24, 2.45) is 5.92 Å². The molecule has 1 aliphatic carbocycles. The van der Waals surface area contributed by atoms with E-state index in [-0.39, 0.29) is 24.4 Å². The highest BCUT2D eigenvalue weighted by Gasteiger charge is 2.35. The van der Waals surface area contributed by atoms with Crippen molar-refractivity contribution in [1.29, 1.82) is 0 Å². The lowest BCUT2D eigenvalue weighted by atomic mass is 10.1. The third-order valence-electron chi connectivity index (χ3n) is 6.17. The molecule has 2 N–H and O–H groups in total. The van der Waals surface area contributed by atoms with Gasteiger partial charge in [0.2, 0.25) is 0 Å². The number of amides is 2. The molecule has 2 aromatic carbocycles. The van der Waals surface area contributed by atoms with Gasteiger partial charge in [0.15, 0.2) is 13.1 Å². The molecule has 3 rings (SSSR count). The van der Waals surface area contributed by atoms with Crippen LogP contribution in [0.25, 0.3) is 0 Å². The maximum absolute atomic E-state index is 13.2. The molecule has 1 aliphatic rings. The van der Waals surface area contributed by atoms with Gasteiger partial charge in [-0.3, -0.25) is 9.59 Å². The predicted octanol–water partition coefficient (Wildman–Crippen LogP) is 2.89. The molecular weight excluding hydrogens is 386 g/mol. The first kappa shape index (κ1) is 23.0. The van der Waals surface area contributed by atoms with Gasteiger partial charge in [-0.2, -0.15) is 0 Å². The zero-order chi connectivity index (χ0) is 22.5. The molecule has 1 saturated carbocycles. The summed E-state index contributed by atoms with van der Waals surface area (Å²) < 4.78 is 0. The summed E-state index contributed by atoms with van der Waals surface area (Å²) in [4.78, 5) is 28.7. The molecule has 0 spiro atoms. The maximum atomic E-state index is 13.2. The van der Waals surface area contributed by atoms with E-state index in [1.807, 2.05) is 44.0 Å². The van der Waals surface area contributed by atoms with Crippen LogP contribution in [0.2, 0.25) is 0 Å². The van der Waals surface area contributed by atoms with E-state index in [2.05, 4.69) is 43.4 Å². The molecule has 0 heterocycles. The van der Waals surface area contributed by atoms with Gasteiger partial charge in [-0.1, -0.05) is 48.0 Å². The minimum absolute atomic E-state index is 0.0646. The highest BCUT2D eigenvalue weighted by atomic mass is 16.2. The Balaban J connectivity index is 1.60. The molecule has 2 aromatic rings. The van der Waals surface area contributed by atoms with Crippen LogP contribution in [0.15, 0.2) is 42.5 Å². The summed E-state index contributed by atoms with van der Waals surface area (Å²) >= 11 is 0. The zero-order valence-corrected chi connectivity index (χ0v) is 19.5. The van der Waals surface area contributed by atoms with Crippen molar-refractivity contribution in [3.05, 3.63) is 64.7 Å². The lowest BCUT2D eigenvalue weighted by molar-refractivity contribution is -0.862. The summed E-state index contributed by atoms with van der Waals surface area (Å²) in [6.07, 6.45) is 2.39. The average molecular weight is 423 g/mol. The van der Waals surface area contributed by atoms with Crippen LogP contribution in [-0.4, -0.2) is 42.9 Å². The third kappa shape index (κ3) is 6.41. The molecule has 166 valence electrons. The summed E-state index contributed by atoms with van der Waals surface area (Å²) in [6, 6.07) is 14.5. The van der Waals surface area contributed by atoms with Gasteiger partial charge in [0.25, 0.3) is 11.8 Å². The monoisotopic (exact) mass is 422 g/mol. The molecule has 2 amide bonds. The minimum atomic E-state index is -0.0646. The molecule has 0 saturated heterocycles. The highest BCUT2D eigenvalue weighted by molar-refractivity contribution is 5.93. The molecule has 2 atom stereocenters. The number of nitrogens with zero attached hydrogens (tertiary/aromatic N) is 1. The second-order valence-electron chi connectivity index (χ2n) is 9.22. The molecular formula is C26H36N3O2+. The highest BCUT2D eigenvalue weighted by Crippen LogP contribution is 2.35. The number of rotatable bonds is 9. The topological polar surface area (TPSA) is 53.9 Å². The number of anilines is 1. The Labute approximate surface area is 186 Å². The van der Waals surface area contributed by atoms with Gasteiger partial charge in [-0.05, 0) is 63.1 Å². The number of hydrogen-bond acceptors (Lipinski definition) is 2. The van der Waals surface area contributed by atoms with Crippen molar-refractivity contribution in [1.82, 2.24) is 4.90 Å². The van der Waals surface area contributed by atoms with Crippen LogP contribution in [0.1, 0.15) is 42.0 Å². The van der Waals surface area contributed by atoms with Crippen molar-refractivity contribution in [2.75, 3.05) is 25.5 Å². The number of quaternary nitrogens is 1. The van der Waals surface area contributed by atoms with E-state index >= 15 is 0 Å². The van der Waals surface area contributed by atoms with E-state index in [0.29, 0.717) is 19.0 Å². The Hall–Kier alpha value is -2.66. The molecule has 5 heteroatoms. The summed E-state index contributed by atoms with van der Waals surface area (Å²) in [7, 11) is 1.91. The Morgan fingerprint density at radius 1 is 1.06 bits per heavy atom. The lowest BCUT2D eigenvalue weighted by Gasteiger charge is -2.30. The van der Waals surface area contributed by atoms with Crippen molar-refractivity contribution in [2.45, 2.75) is 53.1 Å². The Bertz CT molecular complexity index is 898. The molecule has 0 aromatic heterocycles. The molecule has 5 nitrogen and oxygen atoms in total. The van der Waals surface area contributed by atoms with E-state index in [1.165, 1.54) is 18.4 Å². The normalized spacial score (nSPS) is 15.3. The minimum Gasteiger partial charge on any atom is -0.331 e.